The van der Waals surface area contributed by atoms with Gasteiger partial charge in [-0.05, 0) is 133 Å². The summed E-state index contributed by atoms with van der Waals surface area (Å²) in [5.41, 5.74) is 2.46. The summed E-state index contributed by atoms with van der Waals surface area (Å²) in [5, 5.41) is 21.6. The first-order valence-electron chi connectivity index (χ1n) is 23.4. The zero-order valence-electron chi connectivity index (χ0n) is 39.3. The molecule has 2 aromatic rings. The largest absolute Gasteiger partial charge is 0.507 e. The van der Waals surface area contributed by atoms with Gasteiger partial charge in [0, 0.05) is 24.9 Å². The van der Waals surface area contributed by atoms with Crippen LogP contribution in [0.1, 0.15) is 176 Å². The Balaban J connectivity index is 0.00000125. The highest BCUT2D eigenvalue weighted by atomic mass is 16.4. The van der Waals surface area contributed by atoms with E-state index in [1.165, 1.54) is 38.3 Å². The maximum atomic E-state index is 12.1. The zero-order valence-corrected chi connectivity index (χ0v) is 39.3. The molecular weight excluding hydrogens is 807 g/mol. The fraction of sp³-hybridized carbons (Fsp3) is 0.414. The molecular formula is C58H81NO6. The Labute approximate surface area is 393 Å². The molecule has 0 aliphatic carbocycles. The number of aromatic hydroxyl groups is 1. The van der Waals surface area contributed by atoms with Crippen LogP contribution in [0.4, 0.5) is 5.69 Å². The van der Waals surface area contributed by atoms with Gasteiger partial charge >= 0.3 is 5.97 Å². The van der Waals surface area contributed by atoms with E-state index >= 15 is 0 Å². The number of aromatic carboxylic acids is 1. The van der Waals surface area contributed by atoms with E-state index in [9.17, 15) is 24.3 Å². The Kier molecular flexibility index (Phi) is 37.3. The van der Waals surface area contributed by atoms with Crippen molar-refractivity contribution >= 4 is 29.1 Å². The standard InChI is InChI=1S/C30H39NO3.C27H38O3.CH4/c1-3-4-5-6-7-8-9-10-11-12-13-14-15-16-17-18-19-20-21-22-29(32)31-27-24-23-26(2)28(25-27)30(33)34;1-3-4-5-6-7-8-9-10-11-12-13-14-15-16-17-18-25(29)21-24-19-20-27(30)26(22-24)23(2)28;/h4-5,7-8,10-11,13-14,16-17,19-20,23-25H,3,6,9,12,15,18,21-22H2,1-2H3,(H,31,32)(H,33,34);4-5,7-8,10-11,19-20,22,30H,3,6,9,12-18,21H2,1-2H3;1H4/b5-4-,8-7-,11-10-,14-13-,17-16-,20-19-;5-4-,8-7-,11-10-;. The molecule has 7 nitrogen and oxygen atoms in total. The number of anilines is 1. The van der Waals surface area contributed by atoms with E-state index in [1.807, 2.05) is 6.08 Å². The molecule has 0 aliphatic heterocycles. The van der Waals surface area contributed by atoms with Gasteiger partial charge in [-0.25, -0.2) is 4.79 Å². The number of phenols is 1. The van der Waals surface area contributed by atoms with Crippen LogP contribution < -0.4 is 5.32 Å². The van der Waals surface area contributed by atoms with Crippen molar-refractivity contribution in [3.05, 3.63) is 168 Å². The van der Waals surface area contributed by atoms with Crippen molar-refractivity contribution < 1.29 is 29.4 Å². The molecule has 354 valence electrons. The van der Waals surface area contributed by atoms with E-state index in [0.29, 0.717) is 36.9 Å². The molecule has 0 unspecified atom stereocenters. The number of amides is 1. The van der Waals surface area contributed by atoms with Crippen molar-refractivity contribution in [1.82, 2.24) is 0 Å². The SMILES string of the molecule is C.CC/C=C\C/C=C\C/C=C\C/C=C\C/C=C\C/C=C\CCC(=O)Nc1ccc(C)c(C(=O)O)c1.CC/C=C\C/C=C\C/C=C\CCCCCCCC(=O)Cc1ccc(O)c(C(C)=O)c1. The highest BCUT2D eigenvalue weighted by Gasteiger charge is 2.11. The van der Waals surface area contributed by atoms with Gasteiger partial charge in [-0.1, -0.05) is 162 Å². The molecule has 1 amide bonds. The van der Waals surface area contributed by atoms with Crippen LogP contribution in [0.25, 0.3) is 0 Å². The molecule has 0 radical (unpaired) electrons. The van der Waals surface area contributed by atoms with E-state index in [1.54, 1.807) is 31.2 Å². The zero-order chi connectivity index (χ0) is 46.9. The number of hydrogen-bond acceptors (Lipinski definition) is 5. The average molecular weight is 888 g/mol. The Morgan fingerprint density at radius 3 is 1.49 bits per heavy atom. The summed E-state index contributed by atoms with van der Waals surface area (Å²) >= 11 is 0. The van der Waals surface area contributed by atoms with Crippen LogP contribution in [0.3, 0.4) is 0 Å². The number of carboxylic acids is 1. The number of allylic oxidation sites excluding steroid dienone is 18. The van der Waals surface area contributed by atoms with Crippen LogP contribution in [0, 0.1) is 6.92 Å². The summed E-state index contributed by atoms with van der Waals surface area (Å²) in [6, 6.07) is 9.75. The van der Waals surface area contributed by atoms with Crippen molar-refractivity contribution in [1.29, 1.82) is 0 Å². The predicted octanol–water partition coefficient (Wildman–Crippen LogP) is 16.0. The molecule has 0 spiro atoms. The van der Waals surface area contributed by atoms with Crippen molar-refractivity contribution in [2.45, 2.75) is 157 Å². The van der Waals surface area contributed by atoms with Crippen LogP contribution in [0.2, 0.25) is 0 Å². The van der Waals surface area contributed by atoms with Crippen LogP contribution in [-0.4, -0.2) is 33.7 Å². The lowest BCUT2D eigenvalue weighted by Gasteiger charge is -2.07. The molecule has 0 atom stereocenters. The van der Waals surface area contributed by atoms with Crippen molar-refractivity contribution in [2.75, 3.05) is 5.32 Å². The number of phenolic OH excluding ortho intramolecular Hbond substituents is 1. The molecule has 2 rings (SSSR count). The molecule has 65 heavy (non-hydrogen) atoms. The van der Waals surface area contributed by atoms with Gasteiger partial charge in [0.2, 0.25) is 5.91 Å². The third-order valence-electron chi connectivity index (χ3n) is 9.83. The summed E-state index contributed by atoms with van der Waals surface area (Å²) in [5.74, 6) is -1.14. The minimum atomic E-state index is -0.994. The van der Waals surface area contributed by atoms with Crippen LogP contribution >= 0.6 is 0 Å². The molecule has 2 aromatic carbocycles. The monoisotopic (exact) mass is 888 g/mol. The third-order valence-corrected chi connectivity index (χ3v) is 9.83. The topological polar surface area (TPSA) is 121 Å². The fourth-order valence-electron chi connectivity index (χ4n) is 6.24. The number of carboxylic acid groups (broad SMARTS) is 1. The minimum Gasteiger partial charge on any atom is -0.507 e. The number of aryl methyl sites for hydroxylation is 1. The number of carbonyl (C=O) groups excluding carboxylic acids is 3. The smallest absolute Gasteiger partial charge is 0.336 e. The van der Waals surface area contributed by atoms with Crippen molar-refractivity contribution in [3.63, 3.8) is 0 Å². The van der Waals surface area contributed by atoms with E-state index in [2.05, 4.69) is 122 Å². The number of carbonyl (C=O) groups is 4. The Bertz CT molecular complexity index is 1920. The Morgan fingerprint density at radius 2 is 1.00 bits per heavy atom. The highest BCUT2D eigenvalue weighted by Crippen LogP contribution is 2.20. The van der Waals surface area contributed by atoms with Gasteiger partial charge < -0.3 is 15.5 Å². The summed E-state index contributed by atoms with van der Waals surface area (Å²) in [7, 11) is 0. The maximum absolute atomic E-state index is 12.1. The van der Waals surface area contributed by atoms with Crippen molar-refractivity contribution in [2.24, 2.45) is 0 Å². The number of benzene rings is 2. The Morgan fingerprint density at radius 1 is 0.538 bits per heavy atom. The molecule has 0 saturated heterocycles. The lowest BCUT2D eigenvalue weighted by molar-refractivity contribution is -0.118. The maximum Gasteiger partial charge on any atom is 0.336 e. The number of hydrogen-bond donors (Lipinski definition) is 3. The number of nitrogens with one attached hydrogen (secondary N) is 1. The second-order valence-electron chi connectivity index (χ2n) is 15.6. The normalized spacial score (nSPS) is 11.9. The molecule has 7 heteroatoms. The van der Waals surface area contributed by atoms with E-state index < -0.39 is 5.97 Å². The highest BCUT2D eigenvalue weighted by molar-refractivity contribution is 5.97. The number of Topliss-reactive ketones (excluding diaryl/α,β-unsaturated/α-hetero) is 2. The minimum absolute atomic E-state index is 0. The quantitative estimate of drug-likeness (QED) is 0.0382. The third kappa shape index (κ3) is 33.4. The molecule has 3 N–H and O–H groups in total. The van der Waals surface area contributed by atoms with Crippen LogP contribution in [0.15, 0.2) is 146 Å². The first-order valence-corrected chi connectivity index (χ1v) is 23.4. The number of ketones is 2. The lowest BCUT2D eigenvalue weighted by atomic mass is 10.00. The first kappa shape index (κ1) is 59.2. The van der Waals surface area contributed by atoms with Gasteiger partial charge in [-0.3, -0.25) is 14.4 Å². The van der Waals surface area contributed by atoms with Gasteiger partial charge in [0.05, 0.1) is 11.1 Å². The summed E-state index contributed by atoms with van der Waals surface area (Å²) < 4.78 is 0. The second-order valence-corrected chi connectivity index (χ2v) is 15.6. The number of unbranched alkanes of at least 4 members (excludes halogenated alkanes) is 5. The first-order chi connectivity index (χ1) is 31.1. The molecule has 0 bridgehead atoms. The average Bonchev–Trinajstić information content (AvgIpc) is 3.27. The van der Waals surface area contributed by atoms with Gasteiger partial charge in [-0.2, -0.15) is 0 Å². The summed E-state index contributed by atoms with van der Waals surface area (Å²) in [6.07, 6.45) is 56.7. The predicted molar refractivity (Wildman–Crippen MR) is 277 cm³/mol. The molecule has 0 fully saturated rings. The number of rotatable bonds is 32. The van der Waals surface area contributed by atoms with Crippen molar-refractivity contribution in [3.8, 4) is 5.75 Å². The lowest BCUT2D eigenvalue weighted by Crippen LogP contribution is -2.11. The van der Waals surface area contributed by atoms with E-state index in [-0.39, 0.29) is 41.8 Å². The Hall–Kier alpha value is -5.82. The molecule has 0 aliphatic rings. The van der Waals surface area contributed by atoms with E-state index in [0.717, 1.165) is 82.6 Å². The van der Waals surface area contributed by atoms with E-state index in [4.69, 9.17) is 5.11 Å². The van der Waals surface area contributed by atoms with Gasteiger partial charge in [0.15, 0.2) is 5.78 Å². The van der Waals surface area contributed by atoms with Gasteiger partial charge in [-0.15, -0.1) is 0 Å². The summed E-state index contributed by atoms with van der Waals surface area (Å²) in [4.78, 5) is 46.8. The van der Waals surface area contributed by atoms with Gasteiger partial charge in [0.25, 0.3) is 0 Å². The summed E-state index contributed by atoms with van der Waals surface area (Å²) in [6.45, 7) is 7.44. The molecule has 0 saturated carbocycles. The second kappa shape index (κ2) is 40.9. The molecule has 0 heterocycles. The van der Waals surface area contributed by atoms with Crippen LogP contribution in [-0.2, 0) is 16.0 Å². The fourth-order valence-corrected chi connectivity index (χ4v) is 6.24. The van der Waals surface area contributed by atoms with Gasteiger partial charge in [0.1, 0.15) is 11.5 Å². The van der Waals surface area contributed by atoms with Crippen LogP contribution in [0.5, 0.6) is 5.75 Å². The molecule has 0 aromatic heterocycles.